The Labute approximate surface area is 114 Å². The summed E-state index contributed by atoms with van der Waals surface area (Å²) in [5.41, 5.74) is 1.22. The van der Waals surface area contributed by atoms with Crippen LogP contribution in [0.5, 0.6) is 0 Å². The average molecular weight is 314 g/mol. The van der Waals surface area contributed by atoms with Gasteiger partial charge in [-0.1, -0.05) is 15.9 Å². The average Bonchev–Trinajstić information content (AvgIpc) is 2.34. The lowest BCUT2D eigenvalue weighted by atomic mass is 10.1. The van der Waals surface area contributed by atoms with E-state index in [1.54, 1.807) is 12.1 Å². The van der Waals surface area contributed by atoms with Crippen LogP contribution in [0.15, 0.2) is 22.7 Å². The van der Waals surface area contributed by atoms with E-state index >= 15 is 0 Å². The molecule has 1 aliphatic rings. The number of hydrogen-bond acceptors (Lipinski definition) is 4. The Hall–Kier alpha value is -0.980. The first-order chi connectivity index (χ1) is 8.58. The van der Waals surface area contributed by atoms with Crippen LogP contribution in [0.3, 0.4) is 0 Å². The standard InChI is InChI=1S/C12H16BrN3O2/c1-9-7-14-4-5-15(9)8-10-2-3-11(16(17)18)6-12(10)13/h2-3,6,9,14H,4-5,7-8H2,1H3/t9-/m1/s1. The number of piperazine rings is 1. The second kappa shape index (κ2) is 5.77. The minimum absolute atomic E-state index is 0.124. The van der Waals surface area contributed by atoms with Crippen molar-refractivity contribution in [3.8, 4) is 0 Å². The molecule has 0 amide bonds. The fourth-order valence-electron chi connectivity index (χ4n) is 2.11. The second-order valence-corrected chi connectivity index (χ2v) is 5.41. The van der Waals surface area contributed by atoms with E-state index < -0.39 is 0 Å². The largest absolute Gasteiger partial charge is 0.314 e. The van der Waals surface area contributed by atoms with E-state index in [1.807, 2.05) is 6.07 Å². The number of nitro benzene ring substituents is 1. The monoisotopic (exact) mass is 313 g/mol. The van der Waals surface area contributed by atoms with Gasteiger partial charge in [0.2, 0.25) is 0 Å². The van der Waals surface area contributed by atoms with Gasteiger partial charge in [0.25, 0.3) is 5.69 Å². The molecule has 1 saturated heterocycles. The molecule has 1 aromatic carbocycles. The predicted molar refractivity (Wildman–Crippen MR) is 73.5 cm³/mol. The van der Waals surface area contributed by atoms with Crippen LogP contribution in [0.25, 0.3) is 0 Å². The molecule has 0 unspecified atom stereocenters. The number of nitrogens with zero attached hydrogens (tertiary/aromatic N) is 2. The molecule has 1 N–H and O–H groups in total. The number of nitrogens with one attached hydrogen (secondary N) is 1. The van der Waals surface area contributed by atoms with Crippen molar-refractivity contribution in [3.05, 3.63) is 38.3 Å². The first kappa shape index (κ1) is 13.5. The molecule has 1 aliphatic heterocycles. The van der Waals surface area contributed by atoms with Crippen molar-refractivity contribution in [1.29, 1.82) is 0 Å². The van der Waals surface area contributed by atoms with Crippen molar-refractivity contribution in [2.24, 2.45) is 0 Å². The first-order valence-electron chi connectivity index (χ1n) is 5.95. The third kappa shape index (κ3) is 3.07. The minimum atomic E-state index is -0.373. The highest BCUT2D eigenvalue weighted by molar-refractivity contribution is 9.10. The molecule has 5 nitrogen and oxygen atoms in total. The number of benzene rings is 1. The highest BCUT2D eigenvalue weighted by Crippen LogP contribution is 2.24. The molecule has 1 heterocycles. The zero-order chi connectivity index (χ0) is 13.1. The molecule has 0 radical (unpaired) electrons. The first-order valence-corrected chi connectivity index (χ1v) is 6.75. The summed E-state index contributed by atoms with van der Waals surface area (Å²) < 4.78 is 0.808. The van der Waals surface area contributed by atoms with E-state index in [2.05, 4.69) is 33.1 Å². The van der Waals surface area contributed by atoms with E-state index in [0.29, 0.717) is 6.04 Å². The Morgan fingerprint density at radius 2 is 2.39 bits per heavy atom. The molecule has 98 valence electrons. The lowest BCUT2D eigenvalue weighted by molar-refractivity contribution is -0.384. The van der Waals surface area contributed by atoms with Gasteiger partial charge in [0, 0.05) is 48.8 Å². The Morgan fingerprint density at radius 1 is 1.61 bits per heavy atom. The van der Waals surface area contributed by atoms with Gasteiger partial charge in [0.15, 0.2) is 0 Å². The second-order valence-electron chi connectivity index (χ2n) is 4.56. The summed E-state index contributed by atoms with van der Waals surface area (Å²) in [5.74, 6) is 0. The number of hydrogen-bond donors (Lipinski definition) is 1. The molecule has 18 heavy (non-hydrogen) atoms. The molecular weight excluding hydrogens is 298 g/mol. The highest BCUT2D eigenvalue weighted by Gasteiger charge is 2.19. The van der Waals surface area contributed by atoms with Gasteiger partial charge < -0.3 is 5.32 Å². The lowest BCUT2D eigenvalue weighted by Gasteiger charge is -2.34. The predicted octanol–water partition coefficient (Wildman–Crippen LogP) is 2.15. The molecule has 0 saturated carbocycles. The topological polar surface area (TPSA) is 58.4 Å². The number of nitro groups is 1. The molecule has 0 spiro atoms. The van der Waals surface area contributed by atoms with E-state index in [1.165, 1.54) is 0 Å². The zero-order valence-electron chi connectivity index (χ0n) is 10.2. The van der Waals surface area contributed by atoms with Crippen molar-refractivity contribution in [2.45, 2.75) is 19.5 Å². The Balaban J connectivity index is 2.11. The van der Waals surface area contributed by atoms with E-state index in [4.69, 9.17) is 0 Å². The molecule has 2 rings (SSSR count). The Kier molecular flexibility index (Phi) is 4.31. The molecule has 6 heteroatoms. The number of rotatable bonds is 3. The van der Waals surface area contributed by atoms with Crippen molar-refractivity contribution in [1.82, 2.24) is 10.2 Å². The van der Waals surface area contributed by atoms with Crippen LogP contribution in [-0.2, 0) is 6.54 Å². The van der Waals surface area contributed by atoms with Crippen molar-refractivity contribution >= 4 is 21.6 Å². The summed E-state index contributed by atoms with van der Waals surface area (Å²) in [4.78, 5) is 12.7. The van der Waals surface area contributed by atoms with Crippen LogP contribution in [0.2, 0.25) is 0 Å². The normalized spacial score (nSPS) is 20.9. The van der Waals surface area contributed by atoms with Crippen LogP contribution in [0.1, 0.15) is 12.5 Å². The lowest BCUT2D eigenvalue weighted by Crippen LogP contribution is -2.49. The van der Waals surface area contributed by atoms with Gasteiger partial charge in [-0.3, -0.25) is 15.0 Å². The van der Waals surface area contributed by atoms with Gasteiger partial charge in [-0.25, -0.2) is 0 Å². The fourth-order valence-corrected chi connectivity index (χ4v) is 2.61. The number of halogens is 1. The van der Waals surface area contributed by atoms with E-state index in [9.17, 15) is 10.1 Å². The Bertz CT molecular complexity index is 453. The maximum Gasteiger partial charge on any atom is 0.270 e. The van der Waals surface area contributed by atoms with Gasteiger partial charge in [-0.05, 0) is 18.6 Å². The molecule has 0 bridgehead atoms. The van der Waals surface area contributed by atoms with Gasteiger partial charge >= 0.3 is 0 Å². The summed E-state index contributed by atoms with van der Waals surface area (Å²) in [6.45, 7) is 6.00. The quantitative estimate of drug-likeness (QED) is 0.686. The number of non-ortho nitro benzene ring substituents is 1. The summed E-state index contributed by atoms with van der Waals surface area (Å²) in [7, 11) is 0. The summed E-state index contributed by atoms with van der Waals surface area (Å²) in [6, 6.07) is 5.45. The third-order valence-corrected chi connectivity index (χ3v) is 4.00. The summed E-state index contributed by atoms with van der Waals surface area (Å²) in [5, 5.41) is 14.0. The van der Waals surface area contributed by atoms with Crippen LogP contribution in [0.4, 0.5) is 5.69 Å². The van der Waals surface area contributed by atoms with Crippen LogP contribution >= 0.6 is 15.9 Å². The van der Waals surface area contributed by atoms with E-state index in [-0.39, 0.29) is 10.6 Å². The molecule has 0 aromatic heterocycles. The molecule has 1 aromatic rings. The zero-order valence-corrected chi connectivity index (χ0v) is 11.8. The highest BCUT2D eigenvalue weighted by atomic mass is 79.9. The summed E-state index contributed by atoms with van der Waals surface area (Å²) in [6.07, 6.45) is 0. The third-order valence-electron chi connectivity index (χ3n) is 3.26. The molecule has 1 atom stereocenters. The van der Waals surface area contributed by atoms with Gasteiger partial charge in [0.05, 0.1) is 4.92 Å². The maximum atomic E-state index is 10.7. The Morgan fingerprint density at radius 3 is 3.00 bits per heavy atom. The van der Waals surface area contributed by atoms with Gasteiger partial charge in [-0.15, -0.1) is 0 Å². The fraction of sp³-hybridized carbons (Fsp3) is 0.500. The van der Waals surface area contributed by atoms with Crippen LogP contribution < -0.4 is 5.32 Å². The molecular formula is C12H16BrN3O2. The summed E-state index contributed by atoms with van der Waals surface area (Å²) >= 11 is 3.42. The van der Waals surface area contributed by atoms with Gasteiger partial charge in [-0.2, -0.15) is 0 Å². The van der Waals surface area contributed by atoms with Crippen molar-refractivity contribution in [2.75, 3.05) is 19.6 Å². The minimum Gasteiger partial charge on any atom is -0.314 e. The van der Waals surface area contributed by atoms with E-state index in [0.717, 1.165) is 36.2 Å². The van der Waals surface area contributed by atoms with Crippen molar-refractivity contribution in [3.63, 3.8) is 0 Å². The van der Waals surface area contributed by atoms with Crippen LogP contribution in [0, 0.1) is 10.1 Å². The van der Waals surface area contributed by atoms with Crippen LogP contribution in [-0.4, -0.2) is 35.5 Å². The van der Waals surface area contributed by atoms with Gasteiger partial charge in [0.1, 0.15) is 0 Å². The smallest absolute Gasteiger partial charge is 0.270 e. The maximum absolute atomic E-state index is 10.7. The molecule has 1 fully saturated rings. The SMILES string of the molecule is C[C@@H]1CNCCN1Cc1ccc([N+](=O)[O-])cc1Br. The molecule has 0 aliphatic carbocycles. The van der Waals surface area contributed by atoms with Crippen molar-refractivity contribution < 1.29 is 4.92 Å².